The average Bonchev–Trinajstić information content (AvgIpc) is 2.19. The van der Waals surface area contributed by atoms with Gasteiger partial charge in [0.1, 0.15) is 5.69 Å². The Bertz CT molecular complexity index is 376. The van der Waals surface area contributed by atoms with Crippen LogP contribution in [0.3, 0.4) is 0 Å². The summed E-state index contributed by atoms with van der Waals surface area (Å²) in [6.07, 6.45) is 3.00. The molecule has 0 aliphatic carbocycles. The molecule has 0 saturated heterocycles. The van der Waals surface area contributed by atoms with Crippen LogP contribution in [0.1, 0.15) is 18.5 Å². The van der Waals surface area contributed by atoms with Crippen molar-refractivity contribution in [1.29, 1.82) is 5.26 Å². The van der Waals surface area contributed by atoms with Crippen LogP contribution >= 0.6 is 12.4 Å². The van der Waals surface area contributed by atoms with Crippen LogP contribution in [-0.4, -0.2) is 9.91 Å². The lowest BCUT2D eigenvalue weighted by Gasteiger charge is -1.98. The molecule has 0 aliphatic heterocycles. The lowest BCUT2D eigenvalue weighted by molar-refractivity contribution is -0.385. The summed E-state index contributed by atoms with van der Waals surface area (Å²) in [6.45, 7) is 0. The Morgan fingerprint density at radius 3 is 2.93 bits per heavy atom. The fourth-order valence-electron chi connectivity index (χ4n) is 1.12. The van der Waals surface area contributed by atoms with E-state index in [1.807, 2.05) is 6.07 Å². The van der Waals surface area contributed by atoms with Crippen LogP contribution in [0.15, 0.2) is 18.3 Å². The summed E-state index contributed by atoms with van der Waals surface area (Å²) in [5.74, 6) is 0. The minimum atomic E-state index is -0.450. The Morgan fingerprint density at radius 1 is 1.60 bits per heavy atom. The van der Waals surface area contributed by atoms with Crippen molar-refractivity contribution in [3.05, 3.63) is 34.1 Å². The predicted octanol–water partition coefficient (Wildman–Crippen LogP) is 2.26. The van der Waals surface area contributed by atoms with Crippen molar-refractivity contribution >= 4 is 18.1 Å². The van der Waals surface area contributed by atoms with Gasteiger partial charge in [-0.15, -0.1) is 12.4 Å². The Balaban J connectivity index is 0.00000196. The van der Waals surface area contributed by atoms with Crippen LogP contribution in [-0.2, 0) is 6.42 Å². The van der Waals surface area contributed by atoms with Gasteiger partial charge >= 0.3 is 0 Å². The van der Waals surface area contributed by atoms with Gasteiger partial charge in [0.05, 0.1) is 11.0 Å². The van der Waals surface area contributed by atoms with Crippen molar-refractivity contribution in [2.45, 2.75) is 19.3 Å². The van der Waals surface area contributed by atoms with E-state index in [1.165, 1.54) is 18.3 Å². The first-order chi connectivity index (χ1) is 6.75. The van der Waals surface area contributed by atoms with E-state index in [-0.39, 0.29) is 18.1 Å². The third-order valence-corrected chi connectivity index (χ3v) is 1.77. The van der Waals surface area contributed by atoms with Gasteiger partial charge in [0.2, 0.25) is 0 Å². The summed E-state index contributed by atoms with van der Waals surface area (Å²) < 4.78 is 0. The molecule has 0 atom stereocenters. The molecule has 1 aromatic heterocycles. The lowest BCUT2D eigenvalue weighted by Crippen LogP contribution is -1.97. The smallest absolute Gasteiger partial charge is 0.258 e. The summed E-state index contributed by atoms with van der Waals surface area (Å²) in [6, 6.07) is 4.95. The fourth-order valence-corrected chi connectivity index (χ4v) is 1.12. The second-order valence-electron chi connectivity index (χ2n) is 2.74. The van der Waals surface area contributed by atoms with E-state index in [4.69, 9.17) is 5.26 Å². The van der Waals surface area contributed by atoms with Crippen molar-refractivity contribution in [2.24, 2.45) is 0 Å². The Hall–Kier alpha value is -1.67. The highest BCUT2D eigenvalue weighted by molar-refractivity contribution is 5.85. The number of pyridine rings is 1. The molecule has 0 radical (unpaired) electrons. The van der Waals surface area contributed by atoms with Gasteiger partial charge in [-0.25, -0.2) is 0 Å². The third kappa shape index (κ3) is 3.92. The van der Waals surface area contributed by atoms with Gasteiger partial charge in [-0.1, -0.05) is 0 Å². The van der Waals surface area contributed by atoms with Crippen molar-refractivity contribution in [1.82, 2.24) is 4.98 Å². The molecule has 0 aromatic carbocycles. The van der Waals surface area contributed by atoms with Gasteiger partial charge in [-0.05, 0) is 18.9 Å². The van der Waals surface area contributed by atoms with Crippen LogP contribution in [0.5, 0.6) is 0 Å². The minimum Gasteiger partial charge on any atom is -0.258 e. The molecule has 1 heterocycles. The monoisotopic (exact) mass is 227 g/mol. The number of hydrogen-bond donors (Lipinski definition) is 0. The summed E-state index contributed by atoms with van der Waals surface area (Å²) in [5.41, 5.74) is 0.484. The molecule has 0 fully saturated rings. The fraction of sp³-hybridized carbons (Fsp3) is 0.333. The van der Waals surface area contributed by atoms with Gasteiger partial charge in [0.25, 0.3) is 5.69 Å². The molecule has 5 nitrogen and oxygen atoms in total. The quantitative estimate of drug-likeness (QED) is 0.449. The van der Waals surface area contributed by atoms with Crippen molar-refractivity contribution < 1.29 is 4.92 Å². The standard InChI is InChI=1S/C9H9N3O2.ClH/c10-6-2-1-4-8-9(12(13)14)5-3-7-11-8;/h3,5,7H,1-2,4H2;1H. The molecule has 0 N–H and O–H groups in total. The number of hydrogen-bond acceptors (Lipinski definition) is 4. The van der Waals surface area contributed by atoms with E-state index >= 15 is 0 Å². The van der Waals surface area contributed by atoms with E-state index in [0.717, 1.165) is 0 Å². The molecule has 0 saturated carbocycles. The second-order valence-corrected chi connectivity index (χ2v) is 2.74. The van der Waals surface area contributed by atoms with E-state index < -0.39 is 4.92 Å². The van der Waals surface area contributed by atoms with E-state index in [2.05, 4.69) is 4.98 Å². The van der Waals surface area contributed by atoms with Crippen LogP contribution in [0.2, 0.25) is 0 Å². The SMILES string of the molecule is Cl.N#CCCCc1ncccc1[N+](=O)[O-]. The van der Waals surface area contributed by atoms with Gasteiger partial charge < -0.3 is 0 Å². The van der Waals surface area contributed by atoms with Crippen molar-refractivity contribution in [2.75, 3.05) is 0 Å². The molecule has 0 aliphatic rings. The number of aryl methyl sites for hydroxylation is 1. The number of nitrogens with zero attached hydrogens (tertiary/aromatic N) is 3. The molecular weight excluding hydrogens is 218 g/mol. The van der Waals surface area contributed by atoms with Crippen LogP contribution in [0, 0.1) is 21.4 Å². The molecule has 1 rings (SSSR count). The topological polar surface area (TPSA) is 79.8 Å². The van der Waals surface area contributed by atoms with Crippen molar-refractivity contribution in [3.8, 4) is 6.07 Å². The highest BCUT2D eigenvalue weighted by atomic mass is 35.5. The number of rotatable bonds is 4. The number of nitro groups is 1. The molecule has 0 bridgehead atoms. The number of aromatic nitrogens is 1. The highest BCUT2D eigenvalue weighted by Crippen LogP contribution is 2.16. The predicted molar refractivity (Wildman–Crippen MR) is 56.7 cm³/mol. The number of halogens is 1. The molecule has 15 heavy (non-hydrogen) atoms. The van der Waals surface area contributed by atoms with Crippen LogP contribution in [0.4, 0.5) is 5.69 Å². The molecule has 0 unspecified atom stereocenters. The van der Waals surface area contributed by atoms with Gasteiger partial charge in [0.15, 0.2) is 0 Å². The Labute approximate surface area is 93.3 Å². The van der Waals surface area contributed by atoms with Crippen LogP contribution < -0.4 is 0 Å². The zero-order valence-corrected chi connectivity index (χ0v) is 8.74. The zero-order chi connectivity index (χ0) is 10.4. The lowest BCUT2D eigenvalue weighted by atomic mass is 10.1. The number of nitriles is 1. The highest BCUT2D eigenvalue weighted by Gasteiger charge is 2.12. The first kappa shape index (κ1) is 13.3. The first-order valence-corrected chi connectivity index (χ1v) is 4.21. The average molecular weight is 228 g/mol. The zero-order valence-electron chi connectivity index (χ0n) is 7.92. The largest absolute Gasteiger partial charge is 0.290 e. The summed E-state index contributed by atoms with van der Waals surface area (Å²) >= 11 is 0. The maximum absolute atomic E-state index is 10.6. The van der Waals surface area contributed by atoms with E-state index in [0.29, 0.717) is 25.0 Å². The summed E-state index contributed by atoms with van der Waals surface area (Å²) in [7, 11) is 0. The Morgan fingerprint density at radius 2 is 2.33 bits per heavy atom. The molecule has 80 valence electrons. The van der Waals surface area contributed by atoms with E-state index in [1.54, 1.807) is 0 Å². The molecule has 6 heteroatoms. The van der Waals surface area contributed by atoms with E-state index in [9.17, 15) is 10.1 Å². The number of unbranched alkanes of at least 4 members (excludes halogenated alkanes) is 1. The van der Waals surface area contributed by atoms with Gasteiger partial charge in [-0.2, -0.15) is 5.26 Å². The third-order valence-electron chi connectivity index (χ3n) is 1.77. The van der Waals surface area contributed by atoms with Gasteiger partial charge in [-0.3, -0.25) is 15.1 Å². The minimum absolute atomic E-state index is 0. The maximum Gasteiger partial charge on any atom is 0.290 e. The summed E-state index contributed by atoms with van der Waals surface area (Å²) in [4.78, 5) is 14.0. The molecule has 1 aromatic rings. The summed E-state index contributed by atoms with van der Waals surface area (Å²) in [5, 5.41) is 18.9. The molecule has 0 amide bonds. The molecule has 0 spiro atoms. The first-order valence-electron chi connectivity index (χ1n) is 4.21. The van der Waals surface area contributed by atoms with Crippen LogP contribution in [0.25, 0.3) is 0 Å². The van der Waals surface area contributed by atoms with Crippen molar-refractivity contribution in [3.63, 3.8) is 0 Å². The second kappa shape index (κ2) is 6.74. The normalized spacial score (nSPS) is 8.73. The maximum atomic E-state index is 10.6. The molecular formula is C9H10ClN3O2. The van der Waals surface area contributed by atoms with Gasteiger partial charge in [0, 0.05) is 18.7 Å². The Kier molecular flexibility index (Phi) is 5.99.